The number of hydrogen-bond acceptors (Lipinski definition) is 10. The van der Waals surface area contributed by atoms with E-state index in [0.29, 0.717) is 0 Å². The van der Waals surface area contributed by atoms with Gasteiger partial charge in [0.1, 0.15) is 6.10 Å². The number of aliphatic hydroxyl groups is 1. The van der Waals surface area contributed by atoms with Crippen molar-refractivity contribution in [2.45, 2.75) is 24.7 Å². The summed E-state index contributed by atoms with van der Waals surface area (Å²) in [6.07, 6.45) is -3.38. The SMILES string of the molecule is Nc1nc2c(ncn2[C@@H]2O[C@H](OP(=O)(O)CP(=O)(O)O)[C@@H](N)[C@H]2O)c(=O)[nH]1. The smallest absolute Gasteiger partial charge is 0.342 e. The zero-order valence-corrected chi connectivity index (χ0v) is 15.1. The molecule has 1 aliphatic rings. The zero-order valence-electron chi connectivity index (χ0n) is 13.3. The summed E-state index contributed by atoms with van der Waals surface area (Å²) in [7, 11) is -9.65. The molecule has 0 aliphatic carbocycles. The number of H-pyrrole nitrogens is 1. The zero-order chi connectivity index (χ0) is 20.1. The Morgan fingerprint density at radius 1 is 1.37 bits per heavy atom. The predicted molar refractivity (Wildman–Crippen MR) is 88.3 cm³/mol. The van der Waals surface area contributed by atoms with Gasteiger partial charge in [-0.05, 0) is 0 Å². The van der Waals surface area contributed by atoms with Crippen molar-refractivity contribution in [1.82, 2.24) is 19.5 Å². The highest BCUT2D eigenvalue weighted by Gasteiger charge is 2.47. The molecule has 5 atom stereocenters. The van der Waals surface area contributed by atoms with E-state index in [9.17, 15) is 23.9 Å². The first-order chi connectivity index (χ1) is 12.4. The normalized spacial score (nSPS) is 28.5. The van der Waals surface area contributed by atoms with Crippen molar-refractivity contribution in [1.29, 1.82) is 0 Å². The van der Waals surface area contributed by atoms with Crippen LogP contribution in [0.3, 0.4) is 0 Å². The van der Waals surface area contributed by atoms with Gasteiger partial charge in [-0.15, -0.1) is 0 Å². The van der Waals surface area contributed by atoms with Crippen molar-refractivity contribution < 1.29 is 38.2 Å². The van der Waals surface area contributed by atoms with Crippen molar-refractivity contribution in [2.24, 2.45) is 5.73 Å². The Morgan fingerprint density at radius 3 is 2.67 bits per heavy atom. The van der Waals surface area contributed by atoms with Crippen LogP contribution in [0.4, 0.5) is 5.95 Å². The fourth-order valence-corrected chi connectivity index (χ4v) is 5.19. The fraction of sp³-hybridized carbons (Fsp3) is 0.500. The van der Waals surface area contributed by atoms with Gasteiger partial charge in [-0.3, -0.25) is 28.0 Å². The topological polar surface area (TPSA) is 249 Å². The summed E-state index contributed by atoms with van der Waals surface area (Å²) in [6, 6.07) is -1.36. The summed E-state index contributed by atoms with van der Waals surface area (Å²) in [5.74, 6) is -1.67. The Kier molecular flexibility index (Phi) is 5.01. The number of imidazole rings is 1. The minimum atomic E-state index is -4.86. The van der Waals surface area contributed by atoms with E-state index in [-0.39, 0.29) is 17.1 Å². The van der Waals surface area contributed by atoms with Gasteiger partial charge >= 0.3 is 15.2 Å². The molecule has 9 N–H and O–H groups in total. The van der Waals surface area contributed by atoms with E-state index in [4.69, 9.17) is 30.5 Å². The summed E-state index contributed by atoms with van der Waals surface area (Å²) in [5, 5.41) is 10.3. The molecule has 0 spiro atoms. The number of rotatable bonds is 5. The van der Waals surface area contributed by atoms with Gasteiger partial charge in [0.15, 0.2) is 29.6 Å². The van der Waals surface area contributed by atoms with E-state index in [2.05, 4.69) is 15.0 Å². The van der Waals surface area contributed by atoms with Gasteiger partial charge in [0.05, 0.1) is 12.4 Å². The van der Waals surface area contributed by atoms with Gasteiger partial charge in [0.2, 0.25) is 5.95 Å². The summed E-state index contributed by atoms with van der Waals surface area (Å²) in [5.41, 5.74) is 10.4. The third kappa shape index (κ3) is 4.11. The van der Waals surface area contributed by atoms with Gasteiger partial charge in [0.25, 0.3) is 5.56 Å². The summed E-state index contributed by atoms with van der Waals surface area (Å²) in [4.78, 5) is 49.0. The van der Waals surface area contributed by atoms with Gasteiger partial charge in [-0.1, -0.05) is 0 Å². The lowest BCUT2D eigenvalue weighted by molar-refractivity contribution is -0.111. The number of nitrogens with two attached hydrogens (primary N) is 2. The molecule has 2 aromatic rings. The second-order valence-corrected chi connectivity index (χ2v) is 9.73. The Labute approximate surface area is 149 Å². The highest BCUT2D eigenvalue weighted by Crippen LogP contribution is 2.57. The van der Waals surface area contributed by atoms with E-state index in [1.165, 1.54) is 0 Å². The maximum absolute atomic E-state index is 11.9. The number of aliphatic hydroxyl groups excluding tert-OH is 1. The molecule has 3 rings (SSSR count). The van der Waals surface area contributed by atoms with Crippen molar-refractivity contribution in [3.05, 3.63) is 16.7 Å². The molecule has 0 amide bonds. The molecule has 1 fully saturated rings. The lowest BCUT2D eigenvalue weighted by Gasteiger charge is -2.20. The maximum Gasteiger partial charge on any atom is 0.342 e. The number of hydrogen-bond donors (Lipinski definition) is 7. The van der Waals surface area contributed by atoms with Gasteiger partial charge in [-0.2, -0.15) is 4.98 Å². The van der Waals surface area contributed by atoms with Crippen LogP contribution in [0, 0.1) is 0 Å². The van der Waals surface area contributed by atoms with Gasteiger partial charge in [-0.25, -0.2) is 4.98 Å². The molecular formula is C10H16N6O9P2. The number of nitrogens with one attached hydrogen (secondary N) is 1. The molecule has 1 aliphatic heterocycles. The van der Waals surface area contributed by atoms with Crippen LogP contribution in [-0.4, -0.2) is 63.6 Å². The molecule has 0 saturated carbocycles. The first-order valence-electron chi connectivity index (χ1n) is 7.24. The van der Waals surface area contributed by atoms with Crippen LogP contribution in [0.5, 0.6) is 0 Å². The molecule has 15 nitrogen and oxygen atoms in total. The molecule has 0 radical (unpaired) electrons. The van der Waals surface area contributed by atoms with Gasteiger partial charge in [0, 0.05) is 0 Å². The average molecular weight is 426 g/mol. The van der Waals surface area contributed by atoms with Crippen LogP contribution in [0.15, 0.2) is 11.1 Å². The van der Waals surface area contributed by atoms with Gasteiger partial charge < -0.3 is 36.0 Å². The van der Waals surface area contributed by atoms with Crippen LogP contribution in [-0.2, 0) is 18.4 Å². The van der Waals surface area contributed by atoms with E-state index in [1.807, 2.05) is 0 Å². The van der Waals surface area contributed by atoms with Crippen molar-refractivity contribution in [3.63, 3.8) is 0 Å². The van der Waals surface area contributed by atoms with Crippen LogP contribution < -0.4 is 17.0 Å². The monoisotopic (exact) mass is 426 g/mol. The average Bonchev–Trinajstić information content (AvgIpc) is 3.01. The molecule has 150 valence electrons. The second-order valence-electron chi connectivity index (χ2n) is 5.79. The standard InChI is InChI=1S/C10H16N6O9P2/c11-3-5(17)8(24-9(3)25-27(22,23)2-26(19,20)21)16-1-13-4-6(16)14-10(12)15-7(4)18/h1,3,5,8-9,17H,2,11H2,(H,22,23)(H2,19,20,21)(H3,12,14,15,18)/t3-,5+,8+,9+/m0/s1. The minimum absolute atomic E-state index is 0.0458. The summed E-state index contributed by atoms with van der Waals surface area (Å²) in [6.45, 7) is 0. The molecule has 3 heterocycles. The first kappa shape index (κ1) is 20.1. The number of nitrogens with zero attached hydrogens (tertiary/aromatic N) is 3. The Balaban J connectivity index is 1.89. The molecule has 2 aromatic heterocycles. The largest absolute Gasteiger partial charge is 0.387 e. The molecule has 0 aromatic carbocycles. The molecule has 0 bridgehead atoms. The third-order valence-electron chi connectivity index (χ3n) is 3.63. The molecular weight excluding hydrogens is 410 g/mol. The number of nitrogen functional groups attached to an aromatic ring is 1. The van der Waals surface area contributed by atoms with E-state index < -0.39 is 51.3 Å². The lowest BCUT2D eigenvalue weighted by atomic mass is 10.2. The van der Waals surface area contributed by atoms with Crippen molar-refractivity contribution in [2.75, 3.05) is 11.6 Å². The number of aromatic amines is 1. The number of anilines is 1. The molecule has 17 heteroatoms. The van der Waals surface area contributed by atoms with E-state index in [0.717, 1.165) is 10.9 Å². The fourth-order valence-electron chi connectivity index (χ4n) is 2.54. The number of ether oxygens (including phenoxy) is 1. The quantitative estimate of drug-likeness (QED) is 0.246. The number of fused-ring (bicyclic) bond motifs is 1. The highest BCUT2D eigenvalue weighted by molar-refractivity contribution is 7.70. The molecule has 1 unspecified atom stereocenters. The molecule has 1 saturated heterocycles. The Morgan fingerprint density at radius 2 is 2.04 bits per heavy atom. The maximum atomic E-state index is 11.9. The Bertz CT molecular complexity index is 1020. The van der Waals surface area contributed by atoms with Crippen LogP contribution >= 0.6 is 15.2 Å². The van der Waals surface area contributed by atoms with E-state index in [1.54, 1.807) is 0 Å². The Hall–Kier alpha value is -1.67. The number of aromatic nitrogens is 4. The van der Waals surface area contributed by atoms with Crippen LogP contribution in [0.2, 0.25) is 0 Å². The predicted octanol–water partition coefficient (Wildman–Crippen LogP) is -2.42. The lowest BCUT2D eigenvalue weighted by Crippen LogP contribution is -2.40. The highest BCUT2D eigenvalue weighted by atomic mass is 31.2. The minimum Gasteiger partial charge on any atom is -0.387 e. The first-order valence-corrected chi connectivity index (χ1v) is 10.8. The van der Waals surface area contributed by atoms with Crippen LogP contribution in [0.1, 0.15) is 6.23 Å². The second kappa shape index (κ2) is 6.74. The summed E-state index contributed by atoms with van der Waals surface area (Å²) >= 11 is 0. The summed E-state index contributed by atoms with van der Waals surface area (Å²) < 4.78 is 33.9. The third-order valence-corrected chi connectivity index (χ3v) is 7.07. The van der Waals surface area contributed by atoms with E-state index >= 15 is 0 Å². The molecule has 27 heavy (non-hydrogen) atoms. The van der Waals surface area contributed by atoms with Crippen molar-refractivity contribution in [3.8, 4) is 0 Å². The van der Waals surface area contributed by atoms with Crippen molar-refractivity contribution >= 4 is 32.3 Å². The van der Waals surface area contributed by atoms with Crippen LogP contribution in [0.25, 0.3) is 11.2 Å².